The Balaban J connectivity index is -0.0000000201. The van der Waals surface area contributed by atoms with Gasteiger partial charge in [-0.05, 0) is 0 Å². The molecule has 8 N–H and O–H groups in total. The molecule has 0 unspecified atom stereocenters. The number of carboxylic acid groups (broad SMARTS) is 12. The van der Waals surface area contributed by atoms with E-state index in [0.29, 0.717) is 0 Å². The molecular weight excluding hydrogens is 480 g/mol. The van der Waals surface area contributed by atoms with E-state index in [0.717, 1.165) is 0 Å². The van der Waals surface area contributed by atoms with E-state index in [1.807, 2.05) is 0 Å². The van der Waals surface area contributed by atoms with Crippen molar-refractivity contribution in [2.24, 2.45) is 0 Å². The first-order chi connectivity index (χ1) is 10.4. The first-order valence-electron chi connectivity index (χ1n) is 3.83. The molecule has 0 saturated heterocycles. The number of hydrogen-bond donors (Lipinski definition) is 8. The van der Waals surface area contributed by atoms with E-state index in [4.69, 9.17) is 90.0 Å². The van der Waals surface area contributed by atoms with Crippen molar-refractivity contribution in [3.63, 3.8) is 0 Å². The Morgan fingerprint density at radius 2 is 0.444 bits per heavy atom. The Labute approximate surface area is 203 Å². The minimum Gasteiger partial charge on any atom is -0.565 e. The molecule has 0 spiro atoms. The van der Waals surface area contributed by atoms with Gasteiger partial charge in [0.1, 0.15) is 0 Å². The smallest absolute Gasteiger partial charge is 0.565 e. The average Bonchev–Trinajstić information content (AvgIpc) is 2.08. The van der Waals surface area contributed by atoms with Crippen LogP contribution in [0.15, 0.2) is 0 Å². The Hall–Kier alpha value is -1.83. The second kappa shape index (κ2) is 49.6. The van der Waals surface area contributed by atoms with Gasteiger partial charge < -0.3 is 80.5 Å². The monoisotopic (exact) mass is 488 g/mol. The predicted octanol–water partition coefficient (Wildman–Crippen LogP) is -4.77. The van der Waals surface area contributed by atoms with E-state index in [9.17, 15) is 0 Å². The zero-order valence-electron chi connectivity index (χ0n) is 12.4. The Bertz CT molecular complexity index is 269. The first kappa shape index (κ1) is 56.2. The average molecular weight is 488 g/mol. The molecule has 0 heterocycles. The van der Waals surface area contributed by atoms with Gasteiger partial charge in [0.25, 0.3) is 0 Å². The van der Waals surface area contributed by atoms with Crippen molar-refractivity contribution < 1.29 is 107 Å². The van der Waals surface area contributed by atoms with Crippen LogP contribution < -0.4 is 20.4 Å². The number of rotatable bonds is 0. The van der Waals surface area contributed by atoms with Crippen LogP contribution in [0, 0.1) is 0 Å². The van der Waals surface area contributed by atoms with Gasteiger partial charge in [-0.2, -0.15) is 0 Å². The second-order valence-corrected chi connectivity index (χ2v) is 1.63. The van der Waals surface area contributed by atoms with Gasteiger partial charge in [-0.3, -0.25) is 0 Å². The zero-order chi connectivity index (χ0) is 21.5. The van der Waals surface area contributed by atoms with E-state index in [2.05, 4.69) is 0 Å². The van der Waals surface area contributed by atoms with Gasteiger partial charge in [0.15, 0.2) is 0 Å². The molecule has 0 amide bonds. The Kier molecular flexibility index (Phi) is 103. The quantitative estimate of drug-likeness (QED) is 0.148. The summed E-state index contributed by atoms with van der Waals surface area (Å²) in [6.45, 7) is 0. The normalized spacial score (nSPS) is 5.33. The van der Waals surface area contributed by atoms with Gasteiger partial charge in [0, 0.05) is 17.1 Å². The standard InChI is InChI=1S/6CH2O3.Ca.Fe.Mg/c6*2-1(3)4;;;/h6*(H2,2,3,4);;;/q;;;;;;+2;;+2/p-4. The third-order valence-electron chi connectivity index (χ3n) is 0. The molecule has 0 aliphatic rings. The van der Waals surface area contributed by atoms with Gasteiger partial charge in [0.05, 0.1) is 0 Å². The Morgan fingerprint density at radius 1 is 0.444 bits per heavy atom. The molecule has 0 rings (SSSR count). The van der Waals surface area contributed by atoms with Crippen LogP contribution in [-0.4, -0.2) is 139 Å². The van der Waals surface area contributed by atoms with Crippen LogP contribution in [0.1, 0.15) is 0 Å². The molecule has 27 heavy (non-hydrogen) atoms. The summed E-state index contributed by atoms with van der Waals surface area (Å²) in [5.41, 5.74) is 0. The molecule has 0 aromatic rings. The minimum absolute atomic E-state index is 0. The topological polar surface area (TPSA) is 356 Å². The van der Waals surface area contributed by atoms with E-state index < -0.39 is 36.9 Å². The van der Waals surface area contributed by atoms with Gasteiger partial charge in [-0.25, -0.2) is 9.59 Å². The van der Waals surface area contributed by atoms with Crippen molar-refractivity contribution >= 4 is 97.7 Å². The van der Waals surface area contributed by atoms with Crippen molar-refractivity contribution in [1.29, 1.82) is 0 Å². The summed E-state index contributed by atoms with van der Waals surface area (Å²) in [6, 6.07) is 0. The third kappa shape index (κ3) is 3530. The van der Waals surface area contributed by atoms with E-state index in [1.165, 1.54) is 0 Å². The van der Waals surface area contributed by atoms with Crippen molar-refractivity contribution in [2.75, 3.05) is 0 Å². The van der Waals surface area contributed by atoms with Crippen molar-refractivity contribution in [3.05, 3.63) is 0 Å². The van der Waals surface area contributed by atoms with Crippen molar-refractivity contribution in [1.82, 2.24) is 0 Å². The van der Waals surface area contributed by atoms with Crippen LogP contribution in [0.5, 0.6) is 0 Å². The molecule has 0 aliphatic heterocycles. The molecule has 18 nitrogen and oxygen atoms in total. The van der Waals surface area contributed by atoms with Crippen LogP contribution in [0.2, 0.25) is 0 Å². The Morgan fingerprint density at radius 3 is 0.444 bits per heavy atom. The first-order valence-corrected chi connectivity index (χ1v) is 3.83. The zero-order valence-corrected chi connectivity index (χ0v) is 17.2. The number of hydrogen-bond acceptors (Lipinski definition) is 10. The van der Waals surface area contributed by atoms with Gasteiger partial charge >= 0.3 is 73.1 Å². The van der Waals surface area contributed by atoms with Crippen LogP contribution in [0.3, 0.4) is 0 Å². The minimum atomic E-state index is -2.08. The maximum absolute atomic E-state index is 8.56. The molecule has 152 valence electrons. The van der Waals surface area contributed by atoms with E-state index in [-0.39, 0.29) is 77.9 Å². The molecule has 0 atom stereocenters. The maximum atomic E-state index is 8.56. The van der Waals surface area contributed by atoms with Crippen molar-refractivity contribution in [2.45, 2.75) is 0 Å². The molecule has 0 aromatic heterocycles. The fourth-order valence-electron chi connectivity index (χ4n) is 0. The SMILES string of the molecule is O=C(O)O.O=C(O)O.O=C([O-])O.O=C([O-])O.O=C([O-])O.O=C([O-])O.[Ca+2].[Fe].[Mg+2]. The summed E-state index contributed by atoms with van der Waals surface area (Å²) < 4.78 is 0. The fourth-order valence-corrected chi connectivity index (χ4v) is 0. The van der Waals surface area contributed by atoms with E-state index >= 15 is 0 Å². The summed E-state index contributed by atoms with van der Waals surface area (Å²) in [4.78, 5) is 50.9. The summed E-state index contributed by atoms with van der Waals surface area (Å²) >= 11 is 0. The van der Waals surface area contributed by atoms with Crippen LogP contribution in [0.4, 0.5) is 28.8 Å². The van der Waals surface area contributed by atoms with Gasteiger partial charge in [0.2, 0.25) is 24.6 Å². The predicted molar refractivity (Wildman–Crippen MR) is 64.9 cm³/mol. The van der Waals surface area contributed by atoms with Crippen molar-refractivity contribution in [3.8, 4) is 0 Å². The molecule has 21 heteroatoms. The third-order valence-corrected chi connectivity index (χ3v) is 0. The largest absolute Gasteiger partial charge is 2.00 e. The van der Waals surface area contributed by atoms with Crippen LogP contribution in [-0.2, 0) is 17.1 Å². The molecule has 0 fully saturated rings. The molecular formula is C6H8CaFeMgO18. The summed E-state index contributed by atoms with van der Waals surface area (Å²) in [6.07, 6.45) is -12.0. The molecule has 0 aliphatic carbocycles. The molecule has 0 saturated carbocycles. The van der Waals surface area contributed by atoms with E-state index in [1.54, 1.807) is 0 Å². The maximum Gasteiger partial charge on any atom is 2.00 e. The van der Waals surface area contributed by atoms with Gasteiger partial charge in [-0.15, -0.1) is 0 Å². The number of carbonyl (C=O) groups is 6. The summed E-state index contributed by atoms with van der Waals surface area (Å²) in [7, 11) is 0. The van der Waals surface area contributed by atoms with Gasteiger partial charge in [-0.1, -0.05) is 0 Å². The molecule has 0 radical (unpaired) electrons. The molecule has 0 aromatic carbocycles. The van der Waals surface area contributed by atoms with Crippen LogP contribution in [0.25, 0.3) is 0 Å². The summed E-state index contributed by atoms with van der Waals surface area (Å²) in [5.74, 6) is 0. The molecule has 0 bridgehead atoms. The second-order valence-electron chi connectivity index (χ2n) is 1.63. The fraction of sp³-hybridized carbons (Fsp3) is 0. The van der Waals surface area contributed by atoms with Crippen LogP contribution >= 0.6 is 0 Å². The summed E-state index contributed by atoms with van der Waals surface area (Å²) in [5, 5.41) is 89.1.